The van der Waals surface area contributed by atoms with E-state index < -0.39 is 0 Å². The van der Waals surface area contributed by atoms with Crippen molar-refractivity contribution in [2.75, 3.05) is 29.6 Å². The molecule has 0 saturated heterocycles. The van der Waals surface area contributed by atoms with E-state index in [2.05, 4.69) is 30.6 Å². The number of hydrogen-bond donors (Lipinski definition) is 2. The summed E-state index contributed by atoms with van der Waals surface area (Å²) < 4.78 is 0. The summed E-state index contributed by atoms with van der Waals surface area (Å²) in [6.07, 6.45) is 3.02. The van der Waals surface area contributed by atoms with Gasteiger partial charge < -0.3 is 15.5 Å². The number of aromatic nitrogens is 4. The van der Waals surface area contributed by atoms with Crippen LogP contribution < -0.4 is 15.5 Å². The lowest BCUT2D eigenvalue weighted by molar-refractivity contribution is 0.102. The van der Waals surface area contributed by atoms with Crippen molar-refractivity contribution in [1.82, 2.24) is 19.9 Å². The number of anilines is 4. The molecule has 1 aromatic carbocycles. The van der Waals surface area contributed by atoms with Crippen molar-refractivity contribution in [3.63, 3.8) is 0 Å². The van der Waals surface area contributed by atoms with Gasteiger partial charge in [0.25, 0.3) is 5.91 Å². The van der Waals surface area contributed by atoms with Gasteiger partial charge in [-0.1, -0.05) is 0 Å². The molecule has 0 saturated carbocycles. The maximum atomic E-state index is 12.2. The van der Waals surface area contributed by atoms with Crippen molar-refractivity contribution >= 4 is 29.0 Å². The van der Waals surface area contributed by atoms with Crippen LogP contribution in [0.15, 0.2) is 42.7 Å². The molecule has 3 aromatic rings. The van der Waals surface area contributed by atoms with Crippen LogP contribution in [0.5, 0.6) is 0 Å². The summed E-state index contributed by atoms with van der Waals surface area (Å²) in [5.74, 6) is 1.04. The first-order valence-electron chi connectivity index (χ1n) is 8.41. The summed E-state index contributed by atoms with van der Waals surface area (Å²) in [5, 5.41) is 5.97. The van der Waals surface area contributed by atoms with Crippen molar-refractivity contribution in [2.24, 2.45) is 0 Å². The van der Waals surface area contributed by atoms with Crippen molar-refractivity contribution in [1.29, 1.82) is 0 Å². The summed E-state index contributed by atoms with van der Waals surface area (Å²) in [4.78, 5) is 31.1. The monoisotopic (exact) mass is 363 g/mol. The van der Waals surface area contributed by atoms with E-state index in [4.69, 9.17) is 0 Å². The summed E-state index contributed by atoms with van der Waals surface area (Å²) in [6.45, 7) is 3.74. The maximum Gasteiger partial charge on any atom is 0.275 e. The first kappa shape index (κ1) is 18.2. The molecule has 1 amide bonds. The number of nitrogens with one attached hydrogen (secondary N) is 2. The minimum atomic E-state index is -0.305. The molecule has 0 unspecified atom stereocenters. The Kier molecular flexibility index (Phi) is 5.25. The molecule has 0 aliphatic carbocycles. The first-order valence-corrected chi connectivity index (χ1v) is 8.41. The molecule has 0 aliphatic heterocycles. The molecule has 0 atom stereocenters. The molecule has 2 N–H and O–H groups in total. The van der Waals surface area contributed by atoms with Crippen molar-refractivity contribution in [3.05, 3.63) is 59.8 Å². The second kappa shape index (κ2) is 7.77. The molecular formula is C19H21N7O. The molecule has 8 nitrogen and oxygen atoms in total. The Labute approximate surface area is 157 Å². The van der Waals surface area contributed by atoms with Gasteiger partial charge in [0.15, 0.2) is 0 Å². The smallest absolute Gasteiger partial charge is 0.275 e. The number of amides is 1. The molecule has 0 spiro atoms. The van der Waals surface area contributed by atoms with Gasteiger partial charge in [0.1, 0.15) is 11.5 Å². The molecule has 0 radical (unpaired) electrons. The normalized spacial score (nSPS) is 10.4. The molecule has 8 heteroatoms. The minimum Gasteiger partial charge on any atom is -0.363 e. The molecule has 2 aromatic heterocycles. The van der Waals surface area contributed by atoms with Gasteiger partial charge in [0.05, 0.1) is 11.9 Å². The highest BCUT2D eigenvalue weighted by molar-refractivity contribution is 6.02. The number of nitrogens with zero attached hydrogens (tertiary/aromatic N) is 5. The zero-order valence-electron chi connectivity index (χ0n) is 15.7. The fourth-order valence-electron chi connectivity index (χ4n) is 2.31. The Balaban J connectivity index is 1.68. The van der Waals surface area contributed by atoms with Crippen LogP contribution in [-0.4, -0.2) is 39.9 Å². The number of benzene rings is 1. The zero-order chi connectivity index (χ0) is 19.4. The number of carbonyl (C=O) groups is 1. The Hall–Kier alpha value is -3.55. The number of carbonyl (C=O) groups excluding carboxylic acids is 1. The largest absolute Gasteiger partial charge is 0.363 e. The summed E-state index contributed by atoms with van der Waals surface area (Å²) in [5.41, 5.74) is 3.38. The Morgan fingerprint density at radius 2 is 1.63 bits per heavy atom. The molecule has 3 rings (SSSR count). The fourth-order valence-corrected chi connectivity index (χ4v) is 2.31. The van der Waals surface area contributed by atoms with Crippen LogP contribution >= 0.6 is 0 Å². The van der Waals surface area contributed by atoms with E-state index in [1.807, 2.05) is 51.0 Å². The van der Waals surface area contributed by atoms with Gasteiger partial charge in [-0.05, 0) is 38.1 Å². The van der Waals surface area contributed by atoms with Gasteiger partial charge in [-0.25, -0.2) is 9.97 Å². The SMILES string of the molecule is Cc1cnc(C(=O)Nc2ccc(Nc3nc(C)cc(N(C)C)n3)cc2)cn1. The van der Waals surface area contributed by atoms with Crippen molar-refractivity contribution in [2.45, 2.75) is 13.8 Å². The summed E-state index contributed by atoms with van der Waals surface area (Å²) >= 11 is 0. The zero-order valence-corrected chi connectivity index (χ0v) is 15.7. The van der Waals surface area contributed by atoms with Crippen LogP contribution in [0.1, 0.15) is 21.9 Å². The predicted octanol–water partition coefficient (Wildman–Crippen LogP) is 2.95. The van der Waals surface area contributed by atoms with Crippen LogP contribution in [0.3, 0.4) is 0 Å². The number of rotatable bonds is 5. The van der Waals surface area contributed by atoms with E-state index in [1.165, 1.54) is 6.20 Å². The second-order valence-corrected chi connectivity index (χ2v) is 6.29. The van der Waals surface area contributed by atoms with Gasteiger partial charge in [0, 0.05) is 43.4 Å². The molecule has 0 aliphatic rings. The lowest BCUT2D eigenvalue weighted by atomic mass is 10.2. The average molecular weight is 363 g/mol. The molecule has 27 heavy (non-hydrogen) atoms. The highest BCUT2D eigenvalue weighted by atomic mass is 16.1. The second-order valence-electron chi connectivity index (χ2n) is 6.29. The van der Waals surface area contributed by atoms with E-state index >= 15 is 0 Å². The van der Waals surface area contributed by atoms with Crippen LogP contribution in [-0.2, 0) is 0 Å². The van der Waals surface area contributed by atoms with Crippen molar-refractivity contribution in [3.8, 4) is 0 Å². The van der Waals surface area contributed by atoms with Gasteiger partial charge in [-0.3, -0.25) is 9.78 Å². The average Bonchev–Trinajstić information content (AvgIpc) is 2.63. The number of hydrogen-bond acceptors (Lipinski definition) is 7. The van der Waals surface area contributed by atoms with E-state index in [-0.39, 0.29) is 11.6 Å². The third-order valence-corrected chi connectivity index (χ3v) is 3.71. The first-order chi connectivity index (χ1) is 12.9. The summed E-state index contributed by atoms with van der Waals surface area (Å²) in [6, 6.07) is 9.20. The fraction of sp³-hybridized carbons (Fsp3) is 0.211. The van der Waals surface area contributed by atoms with E-state index in [1.54, 1.807) is 18.3 Å². The van der Waals surface area contributed by atoms with Crippen molar-refractivity contribution < 1.29 is 4.79 Å². The minimum absolute atomic E-state index is 0.271. The van der Waals surface area contributed by atoms with Gasteiger partial charge >= 0.3 is 0 Å². The molecule has 0 fully saturated rings. The van der Waals surface area contributed by atoms with E-state index in [0.717, 1.165) is 22.9 Å². The number of aryl methyl sites for hydroxylation is 2. The predicted molar refractivity (Wildman–Crippen MR) is 106 cm³/mol. The molecule has 0 bridgehead atoms. The van der Waals surface area contributed by atoms with Crippen LogP contribution in [0.2, 0.25) is 0 Å². The standard InChI is InChI=1S/C19H21N7O/c1-12-9-17(26(3)4)25-19(22-12)24-15-7-5-14(6-8-15)23-18(27)16-11-20-13(2)10-21-16/h5-11H,1-4H3,(H,23,27)(H,22,24,25). The van der Waals surface area contributed by atoms with Crippen LogP contribution in [0, 0.1) is 13.8 Å². The van der Waals surface area contributed by atoms with Crippen LogP contribution in [0.4, 0.5) is 23.1 Å². The summed E-state index contributed by atoms with van der Waals surface area (Å²) in [7, 11) is 3.86. The van der Waals surface area contributed by atoms with Gasteiger partial charge in [-0.15, -0.1) is 0 Å². The highest BCUT2D eigenvalue weighted by Gasteiger charge is 2.08. The molecule has 138 valence electrons. The quantitative estimate of drug-likeness (QED) is 0.719. The van der Waals surface area contributed by atoms with Gasteiger partial charge in [-0.2, -0.15) is 4.98 Å². The third kappa shape index (κ3) is 4.75. The van der Waals surface area contributed by atoms with Gasteiger partial charge in [0.2, 0.25) is 5.95 Å². The lowest BCUT2D eigenvalue weighted by Gasteiger charge is -2.14. The van der Waals surface area contributed by atoms with Crippen LogP contribution in [0.25, 0.3) is 0 Å². The van der Waals surface area contributed by atoms with E-state index in [9.17, 15) is 4.79 Å². The molecular weight excluding hydrogens is 342 g/mol. The Morgan fingerprint density at radius 3 is 2.26 bits per heavy atom. The van der Waals surface area contributed by atoms with E-state index in [0.29, 0.717) is 11.6 Å². The maximum absolute atomic E-state index is 12.2. The Bertz CT molecular complexity index is 937. The third-order valence-electron chi connectivity index (χ3n) is 3.71. The molecule has 2 heterocycles. The highest BCUT2D eigenvalue weighted by Crippen LogP contribution is 2.19. The lowest BCUT2D eigenvalue weighted by Crippen LogP contribution is -2.14. The topological polar surface area (TPSA) is 95.9 Å². The Morgan fingerprint density at radius 1 is 0.926 bits per heavy atom.